The number of nitrogens with zero attached hydrogens (tertiary/aromatic N) is 3. The third-order valence-corrected chi connectivity index (χ3v) is 7.95. The fraction of sp³-hybridized carbons (Fsp3) is 0.370. The van der Waals surface area contributed by atoms with Crippen LogP contribution in [-0.2, 0) is 11.4 Å². The van der Waals surface area contributed by atoms with Crippen LogP contribution >= 0.6 is 27.7 Å². The summed E-state index contributed by atoms with van der Waals surface area (Å²) in [7, 11) is 1.63. The fourth-order valence-electron chi connectivity index (χ4n) is 4.69. The summed E-state index contributed by atoms with van der Waals surface area (Å²) < 4.78 is 14.5. The number of methoxy groups -OCH3 is 1. The van der Waals surface area contributed by atoms with Crippen LogP contribution in [0.4, 0.5) is 5.95 Å². The number of rotatable bonds is 8. The smallest absolute Gasteiger partial charge is 0.227 e. The Labute approximate surface area is 223 Å². The Morgan fingerprint density at radius 2 is 2.11 bits per heavy atom. The predicted molar refractivity (Wildman–Crippen MR) is 145 cm³/mol. The van der Waals surface area contributed by atoms with Crippen LogP contribution in [0.1, 0.15) is 55.3 Å². The summed E-state index contributed by atoms with van der Waals surface area (Å²) in [6.07, 6.45) is 3.22. The first-order valence-corrected chi connectivity index (χ1v) is 13.9. The maximum Gasteiger partial charge on any atom is 0.227 e. The zero-order valence-corrected chi connectivity index (χ0v) is 23.0. The molecule has 0 amide bonds. The van der Waals surface area contributed by atoms with E-state index in [4.69, 9.17) is 19.6 Å². The molecule has 0 saturated heterocycles. The number of hydrogen-bond acceptors (Lipinski definition) is 7. The molecule has 3 aromatic rings. The molecule has 1 aliphatic carbocycles. The lowest BCUT2D eigenvalue weighted by atomic mass is 9.85. The summed E-state index contributed by atoms with van der Waals surface area (Å²) in [5.41, 5.74) is 4.86. The largest absolute Gasteiger partial charge is 0.493 e. The van der Waals surface area contributed by atoms with Crippen molar-refractivity contribution < 1.29 is 14.3 Å². The maximum atomic E-state index is 13.2. The highest BCUT2D eigenvalue weighted by Crippen LogP contribution is 2.45. The molecule has 1 unspecified atom stereocenters. The molecule has 9 heteroatoms. The van der Waals surface area contributed by atoms with Crippen molar-refractivity contribution in [1.82, 2.24) is 14.8 Å². The van der Waals surface area contributed by atoms with E-state index in [0.717, 1.165) is 51.9 Å². The number of aromatic nitrogens is 3. The first-order chi connectivity index (χ1) is 17.5. The highest BCUT2D eigenvalue weighted by atomic mass is 79.9. The lowest BCUT2D eigenvalue weighted by Crippen LogP contribution is -2.31. The van der Waals surface area contributed by atoms with Gasteiger partial charge in [-0.05, 0) is 65.4 Å². The van der Waals surface area contributed by atoms with E-state index >= 15 is 0 Å². The molecule has 0 spiro atoms. The number of nitrogens with one attached hydrogen (secondary N) is 1. The van der Waals surface area contributed by atoms with Crippen molar-refractivity contribution >= 4 is 39.4 Å². The predicted octanol–water partition coefficient (Wildman–Crippen LogP) is 6.46. The number of aryl methyl sites for hydroxylation is 1. The second kappa shape index (κ2) is 10.7. The van der Waals surface area contributed by atoms with E-state index in [2.05, 4.69) is 47.2 Å². The molecule has 0 radical (unpaired) electrons. The first-order valence-electron chi connectivity index (χ1n) is 12.2. The van der Waals surface area contributed by atoms with E-state index in [9.17, 15) is 4.79 Å². The second-order valence-electron chi connectivity index (χ2n) is 9.02. The van der Waals surface area contributed by atoms with E-state index in [1.165, 1.54) is 5.56 Å². The number of carbonyl (C=O) groups is 1. The van der Waals surface area contributed by atoms with Crippen LogP contribution in [0.2, 0.25) is 0 Å². The van der Waals surface area contributed by atoms with Gasteiger partial charge in [-0.15, -0.1) is 5.10 Å². The van der Waals surface area contributed by atoms with E-state index in [1.807, 2.05) is 28.9 Å². The molecule has 1 aliphatic heterocycles. The van der Waals surface area contributed by atoms with Gasteiger partial charge in [-0.1, -0.05) is 48.5 Å². The van der Waals surface area contributed by atoms with Crippen molar-refractivity contribution in [2.45, 2.75) is 57.3 Å². The summed E-state index contributed by atoms with van der Waals surface area (Å²) in [5.74, 6) is 2.97. The molecule has 0 saturated carbocycles. The Kier molecular flexibility index (Phi) is 7.39. The monoisotopic (exact) mass is 568 g/mol. The highest BCUT2D eigenvalue weighted by Gasteiger charge is 2.37. The number of carbonyl (C=O) groups excluding carboxylic acids is 1. The van der Waals surface area contributed by atoms with Crippen molar-refractivity contribution in [3.63, 3.8) is 0 Å². The first kappa shape index (κ1) is 24.9. The number of anilines is 1. The summed E-state index contributed by atoms with van der Waals surface area (Å²) >= 11 is 5.33. The quantitative estimate of drug-likeness (QED) is 0.312. The maximum absolute atomic E-state index is 13.2. The molecule has 36 heavy (non-hydrogen) atoms. The Morgan fingerprint density at radius 3 is 2.89 bits per heavy atom. The van der Waals surface area contributed by atoms with Gasteiger partial charge in [-0.3, -0.25) is 4.79 Å². The van der Waals surface area contributed by atoms with Gasteiger partial charge in [0.1, 0.15) is 12.6 Å². The molecule has 1 aromatic heterocycles. The molecule has 5 rings (SSSR count). The lowest BCUT2D eigenvalue weighted by Gasteiger charge is -2.32. The van der Waals surface area contributed by atoms with E-state index in [0.29, 0.717) is 35.6 Å². The fourth-order valence-corrected chi connectivity index (χ4v) is 5.95. The number of ketones is 1. The third kappa shape index (κ3) is 4.91. The van der Waals surface area contributed by atoms with E-state index in [-0.39, 0.29) is 11.8 Å². The Morgan fingerprint density at radius 1 is 1.25 bits per heavy atom. The number of allylic oxidation sites excluding steroid dienone is 2. The van der Waals surface area contributed by atoms with E-state index in [1.54, 1.807) is 18.9 Å². The van der Waals surface area contributed by atoms with Crippen LogP contribution in [0.25, 0.3) is 0 Å². The summed E-state index contributed by atoms with van der Waals surface area (Å²) in [5, 5.41) is 8.90. The molecule has 188 valence electrons. The third-order valence-electron chi connectivity index (χ3n) is 6.32. The van der Waals surface area contributed by atoms with Crippen molar-refractivity contribution in [1.29, 1.82) is 0 Å². The van der Waals surface area contributed by atoms with Gasteiger partial charge in [-0.2, -0.15) is 4.98 Å². The Balaban J connectivity index is 1.54. The van der Waals surface area contributed by atoms with Crippen LogP contribution in [0.5, 0.6) is 11.5 Å². The van der Waals surface area contributed by atoms with Crippen molar-refractivity contribution in [3.8, 4) is 11.5 Å². The minimum absolute atomic E-state index is 0.146. The van der Waals surface area contributed by atoms with Crippen LogP contribution in [0.3, 0.4) is 0 Å². The van der Waals surface area contributed by atoms with Gasteiger partial charge in [-0.25, -0.2) is 4.68 Å². The van der Waals surface area contributed by atoms with Gasteiger partial charge in [0.05, 0.1) is 11.6 Å². The zero-order chi connectivity index (χ0) is 25.2. The molecule has 7 nitrogen and oxygen atoms in total. The zero-order valence-electron chi connectivity index (χ0n) is 20.6. The van der Waals surface area contributed by atoms with Gasteiger partial charge in [0.25, 0.3) is 0 Å². The number of Topliss-reactive ketones (excluding diaryl/α,β-unsaturated/α-hetero) is 1. The van der Waals surface area contributed by atoms with Crippen molar-refractivity contribution in [2.75, 3.05) is 18.2 Å². The second-order valence-corrected chi connectivity index (χ2v) is 10.9. The van der Waals surface area contributed by atoms with Gasteiger partial charge in [0.15, 0.2) is 17.3 Å². The average Bonchev–Trinajstić information content (AvgIpc) is 3.27. The number of halogens is 1. The van der Waals surface area contributed by atoms with Gasteiger partial charge < -0.3 is 14.8 Å². The number of ether oxygens (including phenoxy) is 2. The number of thioether (sulfide) groups is 1. The van der Waals surface area contributed by atoms with Gasteiger partial charge >= 0.3 is 0 Å². The number of benzene rings is 2. The molecule has 1 atom stereocenters. The van der Waals surface area contributed by atoms with Gasteiger partial charge in [0, 0.05) is 23.4 Å². The summed E-state index contributed by atoms with van der Waals surface area (Å²) in [6.45, 7) is 4.62. The molecular weight excluding hydrogens is 540 g/mol. The van der Waals surface area contributed by atoms with Crippen LogP contribution in [0.15, 0.2) is 57.3 Å². The standard InChI is InChI=1S/C27H29BrN4O3S/c1-4-11-36-27-30-26-29-20-9-6-10-21(33)23(20)24(32(26)31-27)18-13-19(28)25(22(14-18)34-3)35-15-17-8-5-7-16(2)12-17/h5,7-8,12-14,24H,4,6,9-11,15H2,1-3H3,(H,29,30,31). The van der Waals surface area contributed by atoms with Crippen LogP contribution in [-0.4, -0.2) is 33.4 Å². The molecule has 0 fully saturated rings. The molecule has 2 aliphatic rings. The molecule has 1 N–H and O–H groups in total. The topological polar surface area (TPSA) is 78.3 Å². The van der Waals surface area contributed by atoms with Gasteiger partial charge in [0.2, 0.25) is 11.1 Å². The van der Waals surface area contributed by atoms with Crippen LogP contribution < -0.4 is 14.8 Å². The SMILES string of the molecule is CCCSc1nc2n(n1)C(c1cc(Br)c(OCc3cccc(C)c3)c(OC)c1)C1=C(CCCC1=O)N2. The molecule has 2 aromatic carbocycles. The minimum Gasteiger partial charge on any atom is -0.493 e. The van der Waals surface area contributed by atoms with E-state index < -0.39 is 0 Å². The van der Waals surface area contributed by atoms with Crippen molar-refractivity contribution in [2.24, 2.45) is 0 Å². The van der Waals surface area contributed by atoms with Crippen molar-refractivity contribution in [3.05, 3.63) is 68.8 Å². The molecule has 2 heterocycles. The molecular formula is C27H29BrN4O3S. The number of hydrogen-bond donors (Lipinski definition) is 1. The normalized spacial score (nSPS) is 16.9. The summed E-state index contributed by atoms with van der Waals surface area (Å²) in [6, 6.07) is 11.8. The average molecular weight is 570 g/mol. The highest BCUT2D eigenvalue weighted by molar-refractivity contribution is 9.10. The Bertz CT molecular complexity index is 1340. The lowest BCUT2D eigenvalue weighted by molar-refractivity contribution is -0.116. The minimum atomic E-state index is -0.386. The Hall–Kier alpha value is -2.78. The van der Waals surface area contributed by atoms with Crippen LogP contribution in [0, 0.1) is 6.92 Å². The molecule has 0 bridgehead atoms. The number of fused-ring (bicyclic) bond motifs is 1. The summed E-state index contributed by atoms with van der Waals surface area (Å²) in [4.78, 5) is 17.9.